The molecule has 58 valence electrons. The number of nitrogens with one attached hydrogen (secondary N) is 1. The predicted molar refractivity (Wildman–Crippen MR) is 34.3 cm³/mol. The average molecular weight is 145 g/mol. The van der Waals surface area contributed by atoms with Crippen LogP contribution in [0.3, 0.4) is 0 Å². The second kappa shape index (κ2) is 4.00. The lowest BCUT2D eigenvalue weighted by molar-refractivity contribution is -0.137. The van der Waals surface area contributed by atoms with E-state index in [-0.39, 0.29) is 5.92 Å². The van der Waals surface area contributed by atoms with Crippen molar-refractivity contribution in [2.45, 2.75) is 13.8 Å². The minimum absolute atomic E-state index is 0.0790. The number of hydroxylamine groups is 1. The van der Waals surface area contributed by atoms with E-state index in [0.717, 1.165) is 0 Å². The number of hydrogen-bond acceptors (Lipinski definition) is 3. The molecule has 0 aromatic rings. The Hall–Kier alpha value is -0.900. The van der Waals surface area contributed by atoms with Gasteiger partial charge in [-0.3, -0.25) is 10.0 Å². The number of carbonyl (C=O) groups is 2. The first kappa shape index (κ1) is 9.10. The van der Waals surface area contributed by atoms with E-state index in [1.165, 1.54) is 5.48 Å². The summed E-state index contributed by atoms with van der Waals surface area (Å²) in [5, 5.41) is 8.13. The smallest absolute Gasteiger partial charge is 0.253 e. The highest BCUT2D eigenvalue weighted by atomic mass is 16.5. The van der Waals surface area contributed by atoms with Gasteiger partial charge in [0.25, 0.3) is 5.91 Å². The lowest BCUT2D eigenvalue weighted by Crippen LogP contribution is -2.32. The number of hydrogen-bond donors (Lipinski definition) is 2. The maximum Gasteiger partial charge on any atom is 0.253 e. The standard InChI is InChI=1S/C6H11NO3/c1-4(2)5(3-8)6(9)7-10/h3-5,10H,1-2H3,(H,7,9). The molecule has 4 heteroatoms. The summed E-state index contributed by atoms with van der Waals surface area (Å²) in [5.41, 5.74) is 1.43. The maximum atomic E-state index is 10.6. The predicted octanol–water partition coefficient (Wildman–Crippen LogP) is -0.0371. The molecule has 0 aromatic carbocycles. The first-order valence-corrected chi connectivity index (χ1v) is 3.02. The van der Waals surface area contributed by atoms with Crippen LogP contribution in [0.1, 0.15) is 13.8 Å². The van der Waals surface area contributed by atoms with Crippen LogP contribution in [0.2, 0.25) is 0 Å². The number of carbonyl (C=O) groups excluding carboxylic acids is 2. The zero-order valence-corrected chi connectivity index (χ0v) is 6.00. The van der Waals surface area contributed by atoms with Crippen molar-refractivity contribution < 1.29 is 14.8 Å². The summed E-state index contributed by atoms with van der Waals surface area (Å²) in [6.45, 7) is 3.46. The van der Waals surface area contributed by atoms with Crippen LogP contribution in [0, 0.1) is 11.8 Å². The maximum absolute atomic E-state index is 10.6. The molecule has 0 aromatic heterocycles. The topological polar surface area (TPSA) is 66.4 Å². The van der Waals surface area contributed by atoms with Crippen LogP contribution in [0.15, 0.2) is 0 Å². The van der Waals surface area contributed by atoms with E-state index in [4.69, 9.17) is 5.21 Å². The largest absolute Gasteiger partial charge is 0.302 e. The fourth-order valence-electron chi connectivity index (χ4n) is 0.596. The molecule has 0 fully saturated rings. The van der Waals surface area contributed by atoms with E-state index < -0.39 is 11.8 Å². The Morgan fingerprint density at radius 3 is 2.20 bits per heavy atom. The Balaban J connectivity index is 4.06. The lowest BCUT2D eigenvalue weighted by atomic mass is 9.97. The first-order chi connectivity index (χ1) is 4.63. The van der Waals surface area contributed by atoms with Gasteiger partial charge >= 0.3 is 0 Å². The quantitative estimate of drug-likeness (QED) is 0.253. The molecule has 4 nitrogen and oxygen atoms in total. The Morgan fingerprint density at radius 2 is 2.10 bits per heavy atom. The van der Waals surface area contributed by atoms with Gasteiger partial charge in [-0.2, -0.15) is 0 Å². The molecule has 1 unspecified atom stereocenters. The third-order valence-electron chi connectivity index (χ3n) is 1.28. The van der Waals surface area contributed by atoms with Crippen LogP contribution in [-0.4, -0.2) is 17.4 Å². The first-order valence-electron chi connectivity index (χ1n) is 3.02. The Bertz CT molecular complexity index is 133. The molecule has 0 radical (unpaired) electrons. The van der Waals surface area contributed by atoms with Crippen LogP contribution >= 0.6 is 0 Å². The highest BCUT2D eigenvalue weighted by Crippen LogP contribution is 2.06. The molecule has 0 rings (SSSR count). The van der Waals surface area contributed by atoms with Gasteiger partial charge in [0.1, 0.15) is 6.29 Å². The highest BCUT2D eigenvalue weighted by molar-refractivity contribution is 5.91. The van der Waals surface area contributed by atoms with Crippen LogP contribution < -0.4 is 5.48 Å². The summed E-state index contributed by atoms with van der Waals surface area (Å²) in [7, 11) is 0. The summed E-state index contributed by atoms with van der Waals surface area (Å²) in [5.74, 6) is -1.47. The van der Waals surface area contributed by atoms with E-state index in [1.807, 2.05) is 0 Å². The molecular formula is C6H11NO3. The molecule has 0 aliphatic rings. The molecule has 0 aliphatic heterocycles. The van der Waals surface area contributed by atoms with Gasteiger partial charge in [0.05, 0.1) is 5.92 Å². The third-order valence-corrected chi connectivity index (χ3v) is 1.28. The Morgan fingerprint density at radius 1 is 1.60 bits per heavy atom. The number of amides is 1. The molecule has 0 saturated heterocycles. The van der Waals surface area contributed by atoms with Gasteiger partial charge in [0.2, 0.25) is 0 Å². The zero-order valence-electron chi connectivity index (χ0n) is 6.00. The van der Waals surface area contributed by atoms with Crippen molar-refractivity contribution in [3.05, 3.63) is 0 Å². The molecule has 0 spiro atoms. The molecule has 0 bridgehead atoms. The highest BCUT2D eigenvalue weighted by Gasteiger charge is 2.20. The van der Waals surface area contributed by atoms with Crippen LogP contribution in [0.5, 0.6) is 0 Å². The van der Waals surface area contributed by atoms with Crippen molar-refractivity contribution in [1.29, 1.82) is 0 Å². The summed E-state index contributed by atoms with van der Waals surface area (Å²) in [4.78, 5) is 20.8. The monoisotopic (exact) mass is 145 g/mol. The van der Waals surface area contributed by atoms with E-state index >= 15 is 0 Å². The SMILES string of the molecule is CC(C)C(C=O)C(=O)NO. The molecule has 10 heavy (non-hydrogen) atoms. The van der Waals surface area contributed by atoms with Crippen LogP contribution in [0.4, 0.5) is 0 Å². The minimum Gasteiger partial charge on any atom is -0.302 e. The molecule has 2 N–H and O–H groups in total. The van der Waals surface area contributed by atoms with E-state index in [0.29, 0.717) is 6.29 Å². The van der Waals surface area contributed by atoms with Crippen molar-refractivity contribution in [3.63, 3.8) is 0 Å². The average Bonchev–Trinajstić information content (AvgIpc) is 1.88. The molecule has 1 amide bonds. The van der Waals surface area contributed by atoms with Crippen molar-refractivity contribution in [3.8, 4) is 0 Å². The lowest BCUT2D eigenvalue weighted by Gasteiger charge is -2.10. The Labute approximate surface area is 59.2 Å². The normalized spacial score (nSPS) is 12.8. The summed E-state index contributed by atoms with van der Waals surface area (Å²) >= 11 is 0. The molecule has 1 atom stereocenters. The van der Waals surface area contributed by atoms with Gasteiger partial charge in [0.15, 0.2) is 0 Å². The van der Waals surface area contributed by atoms with Gasteiger partial charge in [-0.25, -0.2) is 5.48 Å². The van der Waals surface area contributed by atoms with E-state index in [9.17, 15) is 9.59 Å². The van der Waals surface area contributed by atoms with E-state index in [2.05, 4.69) is 0 Å². The van der Waals surface area contributed by atoms with E-state index in [1.54, 1.807) is 13.8 Å². The van der Waals surface area contributed by atoms with Crippen molar-refractivity contribution >= 4 is 12.2 Å². The minimum atomic E-state index is -0.745. The van der Waals surface area contributed by atoms with Gasteiger partial charge in [-0.1, -0.05) is 13.8 Å². The molecular weight excluding hydrogens is 134 g/mol. The zero-order chi connectivity index (χ0) is 8.15. The van der Waals surface area contributed by atoms with Gasteiger partial charge < -0.3 is 4.79 Å². The molecule has 0 heterocycles. The third kappa shape index (κ3) is 2.14. The number of aldehydes is 1. The molecule has 0 aliphatic carbocycles. The van der Waals surface area contributed by atoms with Crippen LogP contribution in [0.25, 0.3) is 0 Å². The van der Waals surface area contributed by atoms with Crippen molar-refractivity contribution in [1.82, 2.24) is 5.48 Å². The van der Waals surface area contributed by atoms with Gasteiger partial charge in [-0.05, 0) is 5.92 Å². The summed E-state index contributed by atoms with van der Waals surface area (Å²) < 4.78 is 0. The fourth-order valence-corrected chi connectivity index (χ4v) is 0.596. The number of rotatable bonds is 3. The summed E-state index contributed by atoms with van der Waals surface area (Å²) in [6, 6.07) is 0. The van der Waals surface area contributed by atoms with Crippen molar-refractivity contribution in [2.24, 2.45) is 11.8 Å². The van der Waals surface area contributed by atoms with Crippen LogP contribution in [-0.2, 0) is 9.59 Å². The second-order valence-corrected chi connectivity index (χ2v) is 2.38. The van der Waals surface area contributed by atoms with Crippen molar-refractivity contribution in [2.75, 3.05) is 0 Å². The Kier molecular flexibility index (Phi) is 3.64. The second-order valence-electron chi connectivity index (χ2n) is 2.38. The molecule has 0 saturated carbocycles. The summed E-state index contributed by atoms with van der Waals surface area (Å²) in [6.07, 6.45) is 0.524. The van der Waals surface area contributed by atoms with Gasteiger partial charge in [-0.15, -0.1) is 0 Å². The van der Waals surface area contributed by atoms with Gasteiger partial charge in [0, 0.05) is 0 Å². The fraction of sp³-hybridized carbons (Fsp3) is 0.667.